The van der Waals surface area contributed by atoms with E-state index in [1.165, 1.54) is 0 Å². The van der Waals surface area contributed by atoms with Gasteiger partial charge in [0.1, 0.15) is 23.0 Å². The van der Waals surface area contributed by atoms with E-state index in [2.05, 4.69) is 30.8 Å². The summed E-state index contributed by atoms with van der Waals surface area (Å²) in [5, 5.41) is 16.7. The fourth-order valence-corrected chi connectivity index (χ4v) is 4.51. The number of fused-ring (bicyclic) bond motifs is 2. The number of nitrogens with one attached hydrogen (secondary N) is 2. The van der Waals surface area contributed by atoms with E-state index in [0.29, 0.717) is 28.2 Å². The molecule has 10 nitrogen and oxygen atoms in total. The number of benzene rings is 1. The minimum absolute atomic E-state index is 0.220. The van der Waals surface area contributed by atoms with E-state index in [0.717, 1.165) is 54.5 Å². The Morgan fingerprint density at radius 2 is 2.05 bits per heavy atom. The maximum absolute atomic E-state index is 12.9. The summed E-state index contributed by atoms with van der Waals surface area (Å²) in [7, 11) is 1.56. The van der Waals surface area contributed by atoms with Crippen LogP contribution >= 0.6 is 0 Å². The highest BCUT2D eigenvalue weighted by atomic mass is 16.5. The summed E-state index contributed by atoms with van der Waals surface area (Å²) in [5.41, 5.74) is 4.25. The van der Waals surface area contributed by atoms with Crippen molar-refractivity contribution in [2.45, 2.75) is 45.3 Å². The van der Waals surface area contributed by atoms with Gasteiger partial charge in [-0.2, -0.15) is 5.10 Å². The molecule has 0 radical (unpaired) electrons. The van der Waals surface area contributed by atoms with Crippen LogP contribution in [0.15, 0.2) is 48.9 Å². The van der Waals surface area contributed by atoms with Gasteiger partial charge in [0.2, 0.25) is 0 Å². The number of hydrogen-bond acceptors (Lipinski definition) is 7. The Morgan fingerprint density at radius 3 is 2.84 bits per heavy atom. The van der Waals surface area contributed by atoms with Gasteiger partial charge in [0.25, 0.3) is 0 Å². The number of aryl methyl sites for hydroxylation is 1. The van der Waals surface area contributed by atoms with Crippen LogP contribution in [-0.2, 0) is 11.3 Å². The Kier molecular flexibility index (Phi) is 7.18. The number of nitrogens with zero attached hydrogens (tertiary/aromatic N) is 4. The molecule has 4 heterocycles. The van der Waals surface area contributed by atoms with Gasteiger partial charge in [-0.15, -0.1) is 0 Å². The largest absolute Gasteiger partial charge is 0.494 e. The number of aromatic nitrogens is 6. The summed E-state index contributed by atoms with van der Waals surface area (Å²) in [6.07, 6.45) is 8.44. The molecule has 0 spiro atoms. The first-order valence-electron chi connectivity index (χ1n) is 12.4. The number of aliphatic hydroxyl groups excluding tert-OH is 1. The fraction of sp³-hybridized carbons (Fsp3) is 0.333. The third-order valence-corrected chi connectivity index (χ3v) is 6.47. The molecule has 5 rings (SSSR count). The van der Waals surface area contributed by atoms with E-state index in [1.54, 1.807) is 44.8 Å². The Bertz CT molecular complexity index is 1500. The van der Waals surface area contributed by atoms with Gasteiger partial charge in [-0.05, 0) is 50.1 Å². The van der Waals surface area contributed by atoms with Crippen molar-refractivity contribution in [3.8, 4) is 17.3 Å². The van der Waals surface area contributed by atoms with Crippen molar-refractivity contribution in [1.82, 2.24) is 29.7 Å². The number of carbonyl (C=O) groups excluding carboxylic acids is 1. The topological polar surface area (TPSA) is 131 Å². The number of aromatic amines is 2. The second-order valence-electron chi connectivity index (χ2n) is 8.97. The Hall–Kier alpha value is -4.18. The molecular weight excluding hydrogens is 472 g/mol. The first-order valence-corrected chi connectivity index (χ1v) is 12.4. The lowest BCUT2D eigenvalue weighted by molar-refractivity contribution is 0.0338. The van der Waals surface area contributed by atoms with Gasteiger partial charge in [0.05, 0.1) is 30.1 Å². The molecule has 1 aromatic carbocycles. The van der Waals surface area contributed by atoms with Crippen LogP contribution in [0.25, 0.3) is 33.6 Å². The van der Waals surface area contributed by atoms with E-state index in [4.69, 9.17) is 19.6 Å². The number of methoxy groups -OCH3 is 1. The van der Waals surface area contributed by atoms with E-state index in [1.807, 2.05) is 12.1 Å². The van der Waals surface area contributed by atoms with Crippen molar-refractivity contribution >= 4 is 28.0 Å². The number of pyridine rings is 1. The monoisotopic (exact) mass is 502 g/mol. The molecule has 37 heavy (non-hydrogen) atoms. The van der Waals surface area contributed by atoms with Crippen LogP contribution in [-0.4, -0.2) is 54.5 Å². The zero-order valence-corrected chi connectivity index (χ0v) is 20.9. The lowest BCUT2D eigenvalue weighted by Crippen LogP contribution is -2.09. The average molecular weight is 503 g/mol. The molecule has 0 aliphatic heterocycles. The van der Waals surface area contributed by atoms with Gasteiger partial charge in [0, 0.05) is 36.5 Å². The minimum atomic E-state index is -0.466. The van der Waals surface area contributed by atoms with Crippen molar-refractivity contribution in [1.29, 1.82) is 0 Å². The van der Waals surface area contributed by atoms with E-state index < -0.39 is 12.1 Å². The maximum atomic E-state index is 12.9. The maximum Gasteiger partial charge on any atom is 0.338 e. The average Bonchev–Trinajstić information content (AvgIpc) is 3.66. The second-order valence-corrected chi connectivity index (χ2v) is 8.97. The first-order chi connectivity index (χ1) is 18.1. The molecule has 3 N–H and O–H groups in total. The number of hydrogen-bond donors (Lipinski definition) is 3. The predicted molar refractivity (Wildman–Crippen MR) is 139 cm³/mol. The van der Waals surface area contributed by atoms with Crippen molar-refractivity contribution in [3.05, 3.63) is 60.0 Å². The van der Waals surface area contributed by atoms with E-state index in [9.17, 15) is 4.79 Å². The number of imidazole rings is 1. The van der Waals surface area contributed by atoms with Crippen LogP contribution < -0.4 is 4.74 Å². The number of carbonyl (C=O) groups is 1. The molecule has 0 amide bonds. The van der Waals surface area contributed by atoms with Crippen molar-refractivity contribution in [2.24, 2.45) is 0 Å². The molecule has 0 aliphatic rings. The SMILES string of the molecule is COc1cc(C(=O)OC(C)c2cn[nH]c2)cc2[nH]c(-c3cc4cccnc4n3CCCCCCO)nc12. The molecule has 0 saturated carbocycles. The van der Waals surface area contributed by atoms with Gasteiger partial charge in [-0.25, -0.2) is 14.8 Å². The number of unbranched alkanes of at least 4 members (excludes halogenated alkanes) is 3. The summed E-state index contributed by atoms with van der Waals surface area (Å²) >= 11 is 0. The van der Waals surface area contributed by atoms with Crippen molar-refractivity contribution < 1.29 is 19.4 Å². The van der Waals surface area contributed by atoms with Crippen LogP contribution in [0.5, 0.6) is 5.75 Å². The quantitative estimate of drug-likeness (QED) is 0.175. The number of H-pyrrole nitrogens is 2. The highest BCUT2D eigenvalue weighted by molar-refractivity contribution is 5.97. The second kappa shape index (κ2) is 10.8. The summed E-state index contributed by atoms with van der Waals surface area (Å²) in [4.78, 5) is 25.8. The normalized spacial score (nSPS) is 12.3. The van der Waals surface area contributed by atoms with Crippen molar-refractivity contribution in [2.75, 3.05) is 13.7 Å². The molecule has 0 aliphatic carbocycles. The Labute approximate surface area is 213 Å². The zero-order valence-electron chi connectivity index (χ0n) is 20.9. The molecule has 0 fully saturated rings. The number of aliphatic hydroxyl groups is 1. The highest BCUT2D eigenvalue weighted by Gasteiger charge is 2.20. The lowest BCUT2D eigenvalue weighted by atomic mass is 10.1. The number of esters is 1. The smallest absolute Gasteiger partial charge is 0.338 e. The van der Waals surface area contributed by atoms with Gasteiger partial charge >= 0.3 is 5.97 Å². The summed E-state index contributed by atoms with van der Waals surface area (Å²) < 4.78 is 13.4. The summed E-state index contributed by atoms with van der Waals surface area (Å²) in [5.74, 6) is 0.679. The van der Waals surface area contributed by atoms with Crippen molar-refractivity contribution in [3.63, 3.8) is 0 Å². The highest BCUT2D eigenvalue weighted by Crippen LogP contribution is 2.32. The molecule has 10 heteroatoms. The third kappa shape index (κ3) is 5.05. The molecule has 1 atom stereocenters. The molecule has 192 valence electrons. The predicted octanol–water partition coefficient (Wildman–Crippen LogP) is 4.78. The van der Waals surface area contributed by atoms with Gasteiger partial charge in [-0.3, -0.25) is 5.10 Å². The standard InChI is InChI=1S/C27H30N6O4/c1-17(20-15-29-30-16-20)37-27(35)19-12-21-24(23(14-19)36-2)32-25(31-21)22-13-18-8-7-9-28-26(18)33(22)10-5-3-4-6-11-34/h7-9,12-17,34H,3-6,10-11H2,1-2H3,(H,29,30)(H,31,32). The number of rotatable bonds is 11. The van der Waals surface area contributed by atoms with Crippen LogP contribution in [0.3, 0.4) is 0 Å². The van der Waals surface area contributed by atoms with Crippen LogP contribution in [0.2, 0.25) is 0 Å². The Morgan fingerprint density at radius 1 is 1.19 bits per heavy atom. The minimum Gasteiger partial charge on any atom is -0.494 e. The number of ether oxygens (including phenoxy) is 2. The Balaban J connectivity index is 1.48. The fourth-order valence-electron chi connectivity index (χ4n) is 4.51. The molecule has 0 bridgehead atoms. The van der Waals surface area contributed by atoms with Gasteiger partial charge < -0.3 is 24.1 Å². The molecular formula is C27H30N6O4. The van der Waals surface area contributed by atoms with Crippen LogP contribution in [0.4, 0.5) is 0 Å². The molecule has 5 aromatic rings. The summed E-state index contributed by atoms with van der Waals surface area (Å²) in [6.45, 7) is 2.79. The molecule has 1 unspecified atom stereocenters. The van der Waals surface area contributed by atoms with E-state index in [-0.39, 0.29) is 6.61 Å². The van der Waals surface area contributed by atoms with Crippen LogP contribution in [0, 0.1) is 0 Å². The first kappa shape index (κ1) is 24.5. The zero-order chi connectivity index (χ0) is 25.8. The van der Waals surface area contributed by atoms with Crippen LogP contribution in [0.1, 0.15) is 54.6 Å². The lowest BCUT2D eigenvalue weighted by Gasteiger charge is -2.12. The summed E-state index contributed by atoms with van der Waals surface area (Å²) in [6, 6.07) is 9.41. The van der Waals surface area contributed by atoms with Gasteiger partial charge in [0.15, 0.2) is 5.82 Å². The van der Waals surface area contributed by atoms with E-state index >= 15 is 0 Å². The molecule has 0 saturated heterocycles. The molecule has 4 aromatic heterocycles. The van der Waals surface area contributed by atoms with Gasteiger partial charge in [-0.1, -0.05) is 12.8 Å². The third-order valence-electron chi connectivity index (χ3n) is 6.47.